The maximum atomic E-state index is 11.0. The highest BCUT2D eigenvalue weighted by Crippen LogP contribution is 2.25. The lowest BCUT2D eigenvalue weighted by Gasteiger charge is -2.12. The molecule has 3 heteroatoms. The quantitative estimate of drug-likeness (QED) is 0.618. The van der Waals surface area contributed by atoms with E-state index in [2.05, 4.69) is 6.58 Å². The molecule has 3 N–H and O–H groups in total. The summed E-state index contributed by atoms with van der Waals surface area (Å²) in [7, 11) is 0. The number of hydrogen-bond acceptors (Lipinski definition) is 2. The Balaban J connectivity index is 3.15. The zero-order chi connectivity index (χ0) is 13.9. The fraction of sp³-hybridized carbons (Fsp3) is 0.200. The Bertz CT molecular complexity index is 532. The van der Waals surface area contributed by atoms with Crippen molar-refractivity contribution in [3.05, 3.63) is 53.1 Å². The molecule has 0 fully saturated rings. The van der Waals surface area contributed by atoms with Crippen molar-refractivity contribution in [3.63, 3.8) is 0 Å². The van der Waals surface area contributed by atoms with E-state index in [1.165, 1.54) is 0 Å². The van der Waals surface area contributed by atoms with Gasteiger partial charge in [0.15, 0.2) is 0 Å². The van der Waals surface area contributed by atoms with E-state index in [1.807, 2.05) is 13.8 Å². The first-order valence-corrected chi connectivity index (χ1v) is 5.67. The number of allylic oxidation sites excluding steroid dienone is 3. The Morgan fingerprint density at radius 1 is 1.11 bits per heavy atom. The first-order chi connectivity index (χ1) is 8.34. The zero-order valence-corrected chi connectivity index (χ0v) is 11.0. The standard InChI is InChI=1S/C15H18N2O/c1-9(2)14(11(4)16)10(3)12-5-7-13(8-6-12)15(17)18/h5-8,16H,3H2,1-2,4H3,(H2,17,18). The van der Waals surface area contributed by atoms with Crippen molar-refractivity contribution in [2.45, 2.75) is 20.8 Å². The lowest BCUT2D eigenvalue weighted by molar-refractivity contribution is 0.100. The van der Waals surface area contributed by atoms with E-state index in [9.17, 15) is 4.79 Å². The smallest absolute Gasteiger partial charge is 0.248 e. The number of carbonyl (C=O) groups excluding carboxylic acids is 1. The van der Waals surface area contributed by atoms with Crippen LogP contribution in [0.5, 0.6) is 0 Å². The van der Waals surface area contributed by atoms with Crippen molar-refractivity contribution >= 4 is 17.2 Å². The van der Waals surface area contributed by atoms with E-state index in [1.54, 1.807) is 31.2 Å². The van der Waals surface area contributed by atoms with E-state index in [-0.39, 0.29) is 0 Å². The van der Waals surface area contributed by atoms with E-state index >= 15 is 0 Å². The van der Waals surface area contributed by atoms with E-state index < -0.39 is 5.91 Å². The number of amides is 1. The van der Waals surface area contributed by atoms with Crippen LogP contribution in [0.25, 0.3) is 5.57 Å². The monoisotopic (exact) mass is 242 g/mol. The van der Waals surface area contributed by atoms with Crippen LogP contribution in [0.3, 0.4) is 0 Å². The van der Waals surface area contributed by atoms with Crippen molar-refractivity contribution < 1.29 is 4.79 Å². The average Bonchev–Trinajstić information content (AvgIpc) is 2.28. The molecule has 3 nitrogen and oxygen atoms in total. The molecule has 94 valence electrons. The molecule has 0 aliphatic heterocycles. The molecule has 0 spiro atoms. The van der Waals surface area contributed by atoms with Crippen LogP contribution in [0.15, 0.2) is 42.0 Å². The lowest BCUT2D eigenvalue weighted by atomic mass is 9.92. The van der Waals surface area contributed by atoms with Crippen LogP contribution < -0.4 is 5.73 Å². The molecule has 0 aliphatic carbocycles. The third kappa shape index (κ3) is 2.94. The van der Waals surface area contributed by atoms with Gasteiger partial charge in [0.05, 0.1) is 0 Å². The molecule has 0 atom stereocenters. The Hall–Kier alpha value is -2.16. The van der Waals surface area contributed by atoms with Gasteiger partial charge in [-0.1, -0.05) is 24.3 Å². The SMILES string of the molecule is C=C(C(C(C)=N)=C(C)C)c1ccc(C(N)=O)cc1. The fourth-order valence-corrected chi connectivity index (χ4v) is 1.88. The van der Waals surface area contributed by atoms with Gasteiger partial charge in [0.2, 0.25) is 5.91 Å². The zero-order valence-electron chi connectivity index (χ0n) is 11.0. The van der Waals surface area contributed by atoms with Gasteiger partial charge in [0, 0.05) is 16.8 Å². The van der Waals surface area contributed by atoms with Crippen molar-refractivity contribution in [3.8, 4) is 0 Å². The molecule has 1 rings (SSSR count). The van der Waals surface area contributed by atoms with Crippen LogP contribution in [0.4, 0.5) is 0 Å². The lowest BCUT2D eigenvalue weighted by Crippen LogP contribution is -2.10. The summed E-state index contributed by atoms with van der Waals surface area (Å²) in [6.07, 6.45) is 0. The van der Waals surface area contributed by atoms with E-state index in [0.717, 1.165) is 22.3 Å². The van der Waals surface area contributed by atoms with Crippen molar-refractivity contribution in [2.75, 3.05) is 0 Å². The Labute approximate surface area is 108 Å². The number of nitrogens with two attached hydrogens (primary N) is 1. The Kier molecular flexibility index (Phi) is 4.21. The number of carbonyl (C=O) groups is 1. The van der Waals surface area contributed by atoms with Crippen LogP contribution in [0.1, 0.15) is 36.7 Å². The van der Waals surface area contributed by atoms with Gasteiger partial charge in [-0.25, -0.2) is 0 Å². The minimum Gasteiger partial charge on any atom is -0.366 e. The summed E-state index contributed by atoms with van der Waals surface area (Å²) in [5.41, 5.74) is 9.72. The van der Waals surface area contributed by atoms with Gasteiger partial charge in [-0.3, -0.25) is 4.79 Å². The molecular formula is C15H18N2O. The summed E-state index contributed by atoms with van der Waals surface area (Å²) in [5.74, 6) is -0.446. The number of benzene rings is 1. The predicted octanol–water partition coefficient (Wildman–Crippen LogP) is 3.17. The van der Waals surface area contributed by atoms with Gasteiger partial charge in [0.25, 0.3) is 0 Å². The van der Waals surface area contributed by atoms with E-state index in [0.29, 0.717) is 11.3 Å². The highest BCUT2D eigenvalue weighted by atomic mass is 16.1. The molecular weight excluding hydrogens is 224 g/mol. The molecule has 0 aromatic heterocycles. The van der Waals surface area contributed by atoms with Crippen molar-refractivity contribution in [1.29, 1.82) is 5.41 Å². The molecule has 1 amide bonds. The number of primary amides is 1. The molecule has 0 unspecified atom stereocenters. The van der Waals surface area contributed by atoms with Gasteiger partial charge in [-0.05, 0) is 44.0 Å². The maximum absolute atomic E-state index is 11.0. The van der Waals surface area contributed by atoms with Crippen molar-refractivity contribution in [1.82, 2.24) is 0 Å². The summed E-state index contributed by atoms with van der Waals surface area (Å²) < 4.78 is 0. The van der Waals surface area contributed by atoms with E-state index in [4.69, 9.17) is 11.1 Å². The molecule has 1 aromatic carbocycles. The minimum absolute atomic E-state index is 0.446. The molecule has 0 bridgehead atoms. The normalized spacial score (nSPS) is 9.72. The molecule has 0 saturated heterocycles. The third-order valence-corrected chi connectivity index (χ3v) is 2.69. The second-order valence-corrected chi connectivity index (χ2v) is 4.42. The third-order valence-electron chi connectivity index (χ3n) is 2.69. The van der Waals surface area contributed by atoms with Gasteiger partial charge in [0.1, 0.15) is 0 Å². The summed E-state index contributed by atoms with van der Waals surface area (Å²) in [6, 6.07) is 6.94. The first-order valence-electron chi connectivity index (χ1n) is 5.67. The number of rotatable bonds is 4. The highest BCUT2D eigenvalue weighted by molar-refractivity contribution is 6.10. The van der Waals surface area contributed by atoms with Crippen LogP contribution in [-0.4, -0.2) is 11.6 Å². The van der Waals surface area contributed by atoms with Gasteiger partial charge in [-0.15, -0.1) is 0 Å². The topological polar surface area (TPSA) is 66.9 Å². The largest absolute Gasteiger partial charge is 0.366 e. The van der Waals surface area contributed by atoms with Gasteiger partial charge in [-0.2, -0.15) is 0 Å². The summed E-state index contributed by atoms with van der Waals surface area (Å²) in [4.78, 5) is 11.0. The second kappa shape index (κ2) is 5.45. The van der Waals surface area contributed by atoms with Crippen molar-refractivity contribution in [2.24, 2.45) is 5.73 Å². The summed E-state index contributed by atoms with van der Waals surface area (Å²) in [6.45, 7) is 9.68. The van der Waals surface area contributed by atoms with Crippen LogP contribution in [-0.2, 0) is 0 Å². The summed E-state index contributed by atoms with van der Waals surface area (Å²) in [5, 5.41) is 7.78. The summed E-state index contributed by atoms with van der Waals surface area (Å²) >= 11 is 0. The molecule has 0 heterocycles. The van der Waals surface area contributed by atoms with Crippen LogP contribution in [0.2, 0.25) is 0 Å². The van der Waals surface area contributed by atoms with Gasteiger partial charge >= 0.3 is 0 Å². The highest BCUT2D eigenvalue weighted by Gasteiger charge is 2.10. The molecule has 0 saturated carbocycles. The molecule has 1 aromatic rings. The fourth-order valence-electron chi connectivity index (χ4n) is 1.88. The average molecular weight is 242 g/mol. The minimum atomic E-state index is -0.446. The Morgan fingerprint density at radius 3 is 1.89 bits per heavy atom. The second-order valence-electron chi connectivity index (χ2n) is 4.42. The number of nitrogens with one attached hydrogen (secondary N) is 1. The van der Waals surface area contributed by atoms with Crippen LogP contribution in [0, 0.1) is 5.41 Å². The number of hydrogen-bond donors (Lipinski definition) is 2. The van der Waals surface area contributed by atoms with Crippen LogP contribution >= 0.6 is 0 Å². The molecule has 18 heavy (non-hydrogen) atoms. The maximum Gasteiger partial charge on any atom is 0.248 e. The molecule has 0 aliphatic rings. The van der Waals surface area contributed by atoms with Gasteiger partial charge < -0.3 is 11.1 Å². The predicted molar refractivity (Wildman–Crippen MR) is 75.8 cm³/mol. The Morgan fingerprint density at radius 2 is 1.56 bits per heavy atom. The first kappa shape index (κ1) is 13.9. The molecule has 0 radical (unpaired) electrons.